The third-order valence-corrected chi connectivity index (χ3v) is 9.07. The van der Waals surface area contributed by atoms with E-state index in [1.54, 1.807) is 0 Å². The highest BCUT2D eigenvalue weighted by Crippen LogP contribution is 2.24. The minimum Gasteiger partial charge on any atom is -0.356 e. The lowest BCUT2D eigenvalue weighted by atomic mass is 10.0. The molecule has 0 saturated heterocycles. The van der Waals surface area contributed by atoms with E-state index in [1.807, 2.05) is 0 Å². The van der Waals surface area contributed by atoms with Crippen LogP contribution in [-0.4, -0.2) is 29.1 Å². The predicted molar refractivity (Wildman–Crippen MR) is 177 cm³/mol. The molecule has 0 aromatic heterocycles. The first-order valence-corrected chi connectivity index (χ1v) is 18.5. The van der Waals surface area contributed by atoms with Crippen LogP contribution >= 0.6 is 0 Å². The van der Waals surface area contributed by atoms with Gasteiger partial charge in [-0.05, 0) is 25.7 Å². The number of unbranched alkanes of at least 4 members (excludes halogenated alkanes) is 25. The van der Waals surface area contributed by atoms with Gasteiger partial charge in [0, 0.05) is 25.5 Å². The van der Waals surface area contributed by atoms with Crippen LogP contribution in [0.4, 0.5) is 0 Å². The van der Waals surface area contributed by atoms with Crippen molar-refractivity contribution in [3.63, 3.8) is 0 Å². The number of hydrogen-bond donors (Lipinski definition) is 0. The quantitative estimate of drug-likeness (QED) is 0.0798. The molecular weight excluding hydrogens is 472 g/mol. The zero-order valence-corrected chi connectivity index (χ0v) is 27.5. The summed E-state index contributed by atoms with van der Waals surface area (Å²) >= 11 is 0. The maximum atomic E-state index is 2.71. The topological polar surface area (TPSA) is 6.48 Å². The highest BCUT2D eigenvalue weighted by atomic mass is 15.4. The number of nitrogens with zero attached hydrogens (tertiary/aromatic N) is 2. The van der Waals surface area contributed by atoms with Crippen molar-refractivity contribution in [2.75, 3.05) is 13.1 Å². The lowest BCUT2D eigenvalue weighted by Gasteiger charge is -2.33. The van der Waals surface area contributed by atoms with Crippen LogP contribution in [0.2, 0.25) is 0 Å². The summed E-state index contributed by atoms with van der Waals surface area (Å²) in [5.41, 5.74) is 0. The van der Waals surface area contributed by atoms with Gasteiger partial charge in [0.1, 0.15) is 6.17 Å². The van der Waals surface area contributed by atoms with Crippen molar-refractivity contribution in [3.05, 3.63) is 12.4 Å². The molecule has 0 bridgehead atoms. The Labute approximate surface area is 248 Å². The molecule has 1 aliphatic heterocycles. The van der Waals surface area contributed by atoms with Crippen molar-refractivity contribution >= 4 is 0 Å². The van der Waals surface area contributed by atoms with Gasteiger partial charge in [0.25, 0.3) is 0 Å². The minimum absolute atomic E-state index is 0.641. The Bertz CT molecular complexity index is 502. The highest BCUT2D eigenvalue weighted by Gasteiger charge is 2.24. The Morgan fingerprint density at radius 3 is 0.897 bits per heavy atom. The molecule has 0 aromatic rings. The summed E-state index contributed by atoms with van der Waals surface area (Å²) in [5, 5.41) is 0. The van der Waals surface area contributed by atoms with Gasteiger partial charge in [0.05, 0.1) is 0 Å². The molecule has 0 saturated carbocycles. The Hall–Kier alpha value is -0.660. The molecule has 0 N–H and O–H groups in total. The lowest BCUT2D eigenvalue weighted by Crippen LogP contribution is -2.39. The fourth-order valence-electron chi connectivity index (χ4n) is 6.36. The second kappa shape index (κ2) is 28.9. The number of hydrogen-bond acceptors (Lipinski definition) is 2. The first-order chi connectivity index (χ1) is 19.3. The zero-order chi connectivity index (χ0) is 28.1. The van der Waals surface area contributed by atoms with E-state index in [-0.39, 0.29) is 0 Å². The standard InChI is InChI=1S/C37H74N2/c1-4-7-10-13-16-18-19-20-21-22-23-25-28-31-34-39-36-35-38(33-30-27-15-12-9-6-3)37(39)32-29-26-24-17-14-11-8-5-2/h35-37H,4-34H2,1-3H3. The van der Waals surface area contributed by atoms with Crippen molar-refractivity contribution in [1.29, 1.82) is 0 Å². The Morgan fingerprint density at radius 1 is 0.333 bits per heavy atom. The van der Waals surface area contributed by atoms with Crippen LogP contribution in [0.15, 0.2) is 12.4 Å². The molecule has 0 aliphatic carbocycles. The molecule has 1 unspecified atom stereocenters. The molecular formula is C37H74N2. The largest absolute Gasteiger partial charge is 0.356 e. The molecule has 0 aromatic carbocycles. The first kappa shape index (κ1) is 36.4. The summed E-state index contributed by atoms with van der Waals surface area (Å²) in [7, 11) is 0. The predicted octanol–water partition coefficient (Wildman–Crippen LogP) is 12.8. The molecule has 0 radical (unpaired) electrons. The van der Waals surface area contributed by atoms with E-state index >= 15 is 0 Å². The summed E-state index contributed by atoms with van der Waals surface area (Å²) in [5.74, 6) is 0. The van der Waals surface area contributed by atoms with Gasteiger partial charge in [-0.15, -0.1) is 0 Å². The van der Waals surface area contributed by atoms with Crippen molar-refractivity contribution in [2.24, 2.45) is 0 Å². The average Bonchev–Trinajstić information content (AvgIpc) is 3.33. The first-order valence-electron chi connectivity index (χ1n) is 18.5. The van der Waals surface area contributed by atoms with Crippen LogP contribution in [-0.2, 0) is 0 Å². The molecule has 1 aliphatic rings. The normalized spacial score (nSPS) is 15.2. The Morgan fingerprint density at radius 2 is 0.590 bits per heavy atom. The molecule has 2 nitrogen and oxygen atoms in total. The van der Waals surface area contributed by atoms with Crippen LogP contribution in [0.3, 0.4) is 0 Å². The van der Waals surface area contributed by atoms with Gasteiger partial charge in [-0.3, -0.25) is 0 Å². The van der Waals surface area contributed by atoms with Gasteiger partial charge in [0.15, 0.2) is 0 Å². The van der Waals surface area contributed by atoms with E-state index in [2.05, 4.69) is 43.0 Å². The summed E-state index contributed by atoms with van der Waals surface area (Å²) in [6.07, 6.45) is 47.0. The van der Waals surface area contributed by atoms with Crippen molar-refractivity contribution in [2.45, 2.75) is 213 Å². The molecule has 2 heteroatoms. The molecule has 1 rings (SSSR count). The van der Waals surface area contributed by atoms with Crippen LogP contribution in [0.25, 0.3) is 0 Å². The summed E-state index contributed by atoms with van der Waals surface area (Å²) in [6.45, 7) is 9.47. The summed E-state index contributed by atoms with van der Waals surface area (Å²) in [4.78, 5) is 5.41. The molecule has 232 valence electrons. The summed E-state index contributed by atoms with van der Waals surface area (Å²) in [6, 6.07) is 0. The van der Waals surface area contributed by atoms with E-state index < -0.39 is 0 Å². The van der Waals surface area contributed by atoms with Gasteiger partial charge >= 0.3 is 0 Å². The van der Waals surface area contributed by atoms with Crippen molar-refractivity contribution in [1.82, 2.24) is 9.80 Å². The van der Waals surface area contributed by atoms with E-state index in [0.29, 0.717) is 6.17 Å². The molecule has 1 heterocycles. The molecule has 0 fully saturated rings. The molecule has 1 atom stereocenters. The Kier molecular flexibility index (Phi) is 26.9. The second-order valence-electron chi connectivity index (χ2n) is 12.9. The second-order valence-corrected chi connectivity index (χ2v) is 12.9. The van der Waals surface area contributed by atoms with Crippen LogP contribution < -0.4 is 0 Å². The number of rotatable bonds is 31. The van der Waals surface area contributed by atoms with Crippen LogP contribution in [0, 0.1) is 0 Å². The fourth-order valence-corrected chi connectivity index (χ4v) is 6.36. The molecule has 0 spiro atoms. The summed E-state index contributed by atoms with van der Waals surface area (Å²) < 4.78 is 0. The van der Waals surface area contributed by atoms with Crippen molar-refractivity contribution < 1.29 is 0 Å². The molecule has 0 amide bonds. The van der Waals surface area contributed by atoms with Gasteiger partial charge in [-0.25, -0.2) is 0 Å². The minimum atomic E-state index is 0.641. The van der Waals surface area contributed by atoms with Gasteiger partial charge in [-0.1, -0.05) is 181 Å². The average molecular weight is 547 g/mol. The van der Waals surface area contributed by atoms with Gasteiger partial charge in [-0.2, -0.15) is 0 Å². The van der Waals surface area contributed by atoms with E-state index in [9.17, 15) is 0 Å². The third-order valence-electron chi connectivity index (χ3n) is 9.07. The van der Waals surface area contributed by atoms with Crippen LogP contribution in [0.5, 0.6) is 0 Å². The SMILES string of the molecule is CCCCCCCCCCCCCCCCN1C=CN(CCCCCCCC)C1CCCCCCCCCC. The smallest absolute Gasteiger partial charge is 0.101 e. The Balaban J connectivity index is 2.17. The van der Waals surface area contributed by atoms with Gasteiger partial charge in [0.2, 0.25) is 0 Å². The lowest BCUT2D eigenvalue weighted by molar-refractivity contribution is 0.135. The zero-order valence-electron chi connectivity index (χ0n) is 27.5. The van der Waals surface area contributed by atoms with Gasteiger partial charge < -0.3 is 9.80 Å². The monoisotopic (exact) mass is 547 g/mol. The third kappa shape index (κ3) is 21.7. The fraction of sp³-hybridized carbons (Fsp3) is 0.946. The maximum Gasteiger partial charge on any atom is 0.101 e. The molecule has 39 heavy (non-hydrogen) atoms. The highest BCUT2D eigenvalue weighted by molar-refractivity contribution is 4.97. The van der Waals surface area contributed by atoms with E-state index in [0.717, 1.165) is 0 Å². The van der Waals surface area contributed by atoms with E-state index in [4.69, 9.17) is 0 Å². The van der Waals surface area contributed by atoms with Crippen LogP contribution in [0.1, 0.15) is 207 Å². The van der Waals surface area contributed by atoms with E-state index in [1.165, 1.54) is 199 Å². The van der Waals surface area contributed by atoms with Crippen molar-refractivity contribution in [3.8, 4) is 0 Å². The maximum absolute atomic E-state index is 2.71.